The van der Waals surface area contributed by atoms with E-state index in [1.54, 1.807) is 0 Å². The highest BCUT2D eigenvalue weighted by molar-refractivity contribution is 7.36. The van der Waals surface area contributed by atoms with Crippen molar-refractivity contribution in [3.8, 4) is 0 Å². The minimum Gasteiger partial charge on any atom is -0.417 e. The van der Waals surface area contributed by atoms with E-state index in [0.29, 0.717) is 6.10 Å². The minimum absolute atomic E-state index is 0.460. The molecule has 0 N–H and O–H groups in total. The van der Waals surface area contributed by atoms with E-state index in [1.165, 1.54) is 31.7 Å². The van der Waals surface area contributed by atoms with Gasteiger partial charge in [-0.05, 0) is 45.5 Å². The molecule has 2 unspecified atom stereocenters. The van der Waals surface area contributed by atoms with Gasteiger partial charge in [-0.1, -0.05) is 19.8 Å². The van der Waals surface area contributed by atoms with Gasteiger partial charge in [0.05, 0.1) is 0 Å². The fourth-order valence-corrected chi connectivity index (χ4v) is 11.3. The second-order valence-electron chi connectivity index (χ2n) is 5.76. The van der Waals surface area contributed by atoms with Gasteiger partial charge in [0.2, 0.25) is 15.7 Å². The van der Waals surface area contributed by atoms with E-state index >= 15 is 0 Å². The molecule has 1 aliphatic heterocycles. The van der Waals surface area contributed by atoms with E-state index < -0.39 is 15.7 Å². The average molecular weight is 261 g/mol. The first kappa shape index (κ1) is 14.4. The Hall–Kier alpha value is 0.354. The summed E-state index contributed by atoms with van der Waals surface area (Å²) < 4.78 is 12.5. The molecule has 0 bridgehead atoms. The summed E-state index contributed by atoms with van der Waals surface area (Å²) in [6.07, 6.45) is 5.45. The van der Waals surface area contributed by atoms with Gasteiger partial charge in [0.1, 0.15) is 0 Å². The molecule has 96 valence electrons. The predicted molar refractivity (Wildman–Crippen MR) is 74.5 cm³/mol. The quantitative estimate of drug-likeness (QED) is 0.552. The summed E-state index contributed by atoms with van der Waals surface area (Å²) in [6.45, 7) is 12.5. The minimum atomic E-state index is -1.55. The first-order chi connectivity index (χ1) is 7.41. The maximum absolute atomic E-state index is 6.31. The van der Waals surface area contributed by atoms with Crippen LogP contribution in [0.5, 0.6) is 0 Å². The van der Waals surface area contributed by atoms with Crippen molar-refractivity contribution in [1.29, 1.82) is 0 Å². The zero-order chi connectivity index (χ0) is 12.2. The van der Waals surface area contributed by atoms with Gasteiger partial charge in [-0.15, -0.1) is 0 Å². The molecule has 0 aromatic heterocycles. The van der Waals surface area contributed by atoms with Crippen LogP contribution in [0.2, 0.25) is 25.7 Å². The summed E-state index contributed by atoms with van der Waals surface area (Å²) in [5.74, 6) is 0. The third-order valence-corrected chi connectivity index (χ3v) is 18.8. The van der Waals surface area contributed by atoms with Gasteiger partial charge in [-0.25, -0.2) is 0 Å². The van der Waals surface area contributed by atoms with Gasteiger partial charge in [-0.2, -0.15) is 0 Å². The van der Waals surface area contributed by atoms with Crippen LogP contribution in [0.25, 0.3) is 0 Å². The van der Waals surface area contributed by atoms with Crippen LogP contribution in [-0.4, -0.2) is 28.4 Å². The Kier molecular flexibility index (Phi) is 5.23. The zero-order valence-electron chi connectivity index (χ0n) is 11.6. The molecule has 2 nitrogen and oxygen atoms in total. The van der Waals surface area contributed by atoms with Crippen LogP contribution in [0.3, 0.4) is 0 Å². The lowest BCUT2D eigenvalue weighted by Gasteiger charge is -2.45. The molecular weight excluding hydrogens is 232 g/mol. The van der Waals surface area contributed by atoms with Crippen LogP contribution in [0, 0.1) is 0 Å². The second-order valence-corrected chi connectivity index (χ2v) is 19.1. The molecular formula is C12H28O2Si2. The SMILES string of the molecule is CCCCCO[Si]1(C)CCC(C)O[Si]1(C)C. The molecule has 0 amide bonds. The van der Waals surface area contributed by atoms with E-state index in [2.05, 4.69) is 33.5 Å². The summed E-state index contributed by atoms with van der Waals surface area (Å²) in [6, 6.07) is 1.31. The Bertz CT molecular complexity index is 221. The maximum atomic E-state index is 6.31. The van der Waals surface area contributed by atoms with Gasteiger partial charge in [0.15, 0.2) is 0 Å². The molecule has 0 aromatic carbocycles. The molecule has 16 heavy (non-hydrogen) atoms. The van der Waals surface area contributed by atoms with E-state index in [1.807, 2.05) is 0 Å². The molecule has 0 spiro atoms. The van der Waals surface area contributed by atoms with Gasteiger partial charge < -0.3 is 8.85 Å². The normalized spacial score (nSPS) is 33.9. The van der Waals surface area contributed by atoms with Gasteiger partial charge in [0, 0.05) is 12.7 Å². The highest BCUT2D eigenvalue weighted by Gasteiger charge is 2.52. The Labute approximate surface area is 103 Å². The third-order valence-electron chi connectivity index (χ3n) is 3.97. The van der Waals surface area contributed by atoms with Crippen molar-refractivity contribution in [2.24, 2.45) is 0 Å². The third kappa shape index (κ3) is 3.42. The highest BCUT2D eigenvalue weighted by atomic mass is 29.3. The molecule has 1 fully saturated rings. The average Bonchev–Trinajstić information content (AvgIpc) is 2.19. The van der Waals surface area contributed by atoms with Crippen molar-refractivity contribution < 1.29 is 8.85 Å². The summed E-state index contributed by atoms with van der Waals surface area (Å²) in [7, 11) is -3.09. The van der Waals surface area contributed by atoms with E-state index in [9.17, 15) is 0 Å². The van der Waals surface area contributed by atoms with Gasteiger partial charge in [-0.3, -0.25) is 0 Å². The standard InChI is InChI=1S/C12H28O2Si2/c1-6-7-8-10-13-16(5)11-9-12(2)14-15(16,3)4/h12H,6-11H2,1-5H3. The van der Waals surface area contributed by atoms with E-state index in [0.717, 1.165) is 6.61 Å². The van der Waals surface area contributed by atoms with Crippen molar-refractivity contribution in [2.75, 3.05) is 6.61 Å². The summed E-state index contributed by atoms with van der Waals surface area (Å²) in [4.78, 5) is 0. The monoisotopic (exact) mass is 260 g/mol. The van der Waals surface area contributed by atoms with Crippen molar-refractivity contribution >= 4 is 15.7 Å². The van der Waals surface area contributed by atoms with Crippen molar-refractivity contribution in [3.63, 3.8) is 0 Å². The molecule has 2 atom stereocenters. The largest absolute Gasteiger partial charge is 0.417 e. The van der Waals surface area contributed by atoms with Crippen molar-refractivity contribution in [1.82, 2.24) is 0 Å². The van der Waals surface area contributed by atoms with E-state index in [4.69, 9.17) is 8.85 Å². The van der Waals surface area contributed by atoms with Crippen LogP contribution in [0.4, 0.5) is 0 Å². The maximum Gasteiger partial charge on any atom is 0.207 e. The molecule has 0 aliphatic carbocycles. The molecule has 4 heteroatoms. The van der Waals surface area contributed by atoms with Gasteiger partial charge in [0.25, 0.3) is 0 Å². The number of hydrogen-bond acceptors (Lipinski definition) is 2. The first-order valence-corrected chi connectivity index (χ1v) is 13.3. The topological polar surface area (TPSA) is 18.5 Å². The van der Waals surface area contributed by atoms with Crippen LogP contribution < -0.4 is 0 Å². The van der Waals surface area contributed by atoms with E-state index in [-0.39, 0.29) is 0 Å². The lowest BCUT2D eigenvalue weighted by molar-refractivity contribution is 0.188. The van der Waals surface area contributed by atoms with Crippen LogP contribution >= 0.6 is 0 Å². The molecule has 0 saturated carbocycles. The smallest absolute Gasteiger partial charge is 0.207 e. The summed E-state index contributed by atoms with van der Waals surface area (Å²) in [5, 5.41) is 0. The lowest BCUT2D eigenvalue weighted by Crippen LogP contribution is -2.65. The van der Waals surface area contributed by atoms with Crippen LogP contribution in [0.15, 0.2) is 0 Å². The second kappa shape index (κ2) is 5.80. The fourth-order valence-electron chi connectivity index (χ4n) is 2.36. The predicted octanol–water partition coefficient (Wildman–Crippen LogP) is 3.86. The molecule has 1 aliphatic rings. The number of rotatable bonds is 5. The molecule has 1 saturated heterocycles. The van der Waals surface area contributed by atoms with Crippen LogP contribution in [-0.2, 0) is 8.85 Å². The molecule has 0 aromatic rings. The Balaban J connectivity index is 2.47. The zero-order valence-corrected chi connectivity index (χ0v) is 13.6. The molecule has 1 heterocycles. The fraction of sp³-hybridized carbons (Fsp3) is 1.00. The van der Waals surface area contributed by atoms with Crippen molar-refractivity contribution in [3.05, 3.63) is 0 Å². The first-order valence-electron chi connectivity index (χ1n) is 6.73. The summed E-state index contributed by atoms with van der Waals surface area (Å²) in [5.41, 5.74) is 0. The molecule has 1 rings (SSSR count). The summed E-state index contributed by atoms with van der Waals surface area (Å²) >= 11 is 0. The lowest BCUT2D eigenvalue weighted by atomic mass is 10.3. The molecule has 0 radical (unpaired) electrons. The Morgan fingerprint density at radius 2 is 1.94 bits per heavy atom. The number of unbranched alkanes of at least 4 members (excludes halogenated alkanes) is 2. The highest BCUT2D eigenvalue weighted by Crippen LogP contribution is 2.34. The van der Waals surface area contributed by atoms with Crippen LogP contribution in [0.1, 0.15) is 39.5 Å². The van der Waals surface area contributed by atoms with Gasteiger partial charge >= 0.3 is 0 Å². The number of hydrogen-bond donors (Lipinski definition) is 0. The Morgan fingerprint density at radius 3 is 2.50 bits per heavy atom. The van der Waals surface area contributed by atoms with Crippen molar-refractivity contribution in [2.45, 2.75) is 71.3 Å². The Morgan fingerprint density at radius 1 is 1.25 bits per heavy atom.